The van der Waals surface area contributed by atoms with Crippen LogP contribution in [-0.4, -0.2) is 54.7 Å². The topological polar surface area (TPSA) is 53.6 Å². The van der Waals surface area contributed by atoms with Gasteiger partial charge in [0.05, 0.1) is 6.17 Å². The standard InChI is InChI=1S/C23H39FN4/c1-14-9-15(5-6-21(14)24)22-20(7-8-26-22)17-11-19-12-27-23(28(19)13-17)16-3-2-4-18(25)10-16/h14-21,23,27H,2-13,25H2,1H3. The summed E-state index contributed by atoms with van der Waals surface area (Å²) in [5.41, 5.74) is 7.77. The van der Waals surface area contributed by atoms with Gasteiger partial charge in [0.1, 0.15) is 6.17 Å². The Balaban J connectivity index is 1.24. The van der Waals surface area contributed by atoms with E-state index in [1.807, 2.05) is 0 Å². The molecule has 0 spiro atoms. The van der Waals surface area contributed by atoms with Gasteiger partial charge in [0.15, 0.2) is 0 Å². The fraction of sp³-hybridized carbons (Fsp3) is 0.957. The van der Waals surface area contributed by atoms with Crippen molar-refractivity contribution in [1.82, 2.24) is 10.2 Å². The molecule has 5 rings (SSSR count). The summed E-state index contributed by atoms with van der Waals surface area (Å²) in [5.74, 6) is 2.90. The van der Waals surface area contributed by atoms with E-state index in [0.717, 1.165) is 44.2 Å². The van der Waals surface area contributed by atoms with E-state index in [1.165, 1.54) is 50.8 Å². The maximum absolute atomic E-state index is 14.0. The second-order valence-electron chi connectivity index (χ2n) is 10.6. The Hall–Kier alpha value is -0.520. The smallest absolute Gasteiger partial charge is 0.103 e. The average Bonchev–Trinajstić information content (AvgIpc) is 3.38. The number of rotatable bonds is 3. The van der Waals surface area contributed by atoms with Gasteiger partial charge in [-0.3, -0.25) is 15.2 Å². The van der Waals surface area contributed by atoms with Gasteiger partial charge >= 0.3 is 0 Å². The van der Waals surface area contributed by atoms with Crippen LogP contribution in [0.15, 0.2) is 4.99 Å². The summed E-state index contributed by atoms with van der Waals surface area (Å²) in [4.78, 5) is 7.80. The van der Waals surface area contributed by atoms with Gasteiger partial charge in [0, 0.05) is 43.3 Å². The maximum atomic E-state index is 14.0. The van der Waals surface area contributed by atoms with Crippen LogP contribution in [0.3, 0.4) is 0 Å². The molecule has 2 aliphatic carbocycles. The van der Waals surface area contributed by atoms with Gasteiger partial charge in [0.25, 0.3) is 0 Å². The van der Waals surface area contributed by atoms with Crippen molar-refractivity contribution in [3.05, 3.63) is 0 Å². The molecule has 5 heteroatoms. The number of aliphatic imine (C=N–C) groups is 1. The van der Waals surface area contributed by atoms with Gasteiger partial charge in [-0.1, -0.05) is 13.3 Å². The van der Waals surface area contributed by atoms with Crippen LogP contribution >= 0.6 is 0 Å². The summed E-state index contributed by atoms with van der Waals surface area (Å²) in [6.45, 7) is 5.48. The first kappa shape index (κ1) is 19.4. The van der Waals surface area contributed by atoms with E-state index < -0.39 is 6.17 Å². The molecule has 9 unspecified atom stereocenters. The molecule has 3 heterocycles. The summed E-state index contributed by atoms with van der Waals surface area (Å²) >= 11 is 0. The lowest BCUT2D eigenvalue weighted by atomic mass is 9.73. The maximum Gasteiger partial charge on any atom is 0.103 e. The Kier molecular flexibility index (Phi) is 5.53. The summed E-state index contributed by atoms with van der Waals surface area (Å²) in [6, 6.07) is 1.11. The van der Waals surface area contributed by atoms with Crippen molar-refractivity contribution in [1.29, 1.82) is 0 Å². The molecule has 0 radical (unpaired) electrons. The Labute approximate surface area is 169 Å². The third kappa shape index (κ3) is 3.56. The highest BCUT2D eigenvalue weighted by Crippen LogP contribution is 2.43. The van der Waals surface area contributed by atoms with E-state index in [4.69, 9.17) is 10.7 Å². The van der Waals surface area contributed by atoms with Crippen molar-refractivity contribution >= 4 is 5.71 Å². The van der Waals surface area contributed by atoms with Crippen LogP contribution in [0.1, 0.15) is 64.7 Å². The van der Waals surface area contributed by atoms with Gasteiger partial charge in [-0.05, 0) is 75.0 Å². The number of hydrogen-bond acceptors (Lipinski definition) is 4. The summed E-state index contributed by atoms with van der Waals surface area (Å²) < 4.78 is 14.0. The van der Waals surface area contributed by atoms with Crippen molar-refractivity contribution in [2.75, 3.05) is 19.6 Å². The van der Waals surface area contributed by atoms with E-state index in [0.29, 0.717) is 30.1 Å². The quantitative estimate of drug-likeness (QED) is 0.777. The van der Waals surface area contributed by atoms with Crippen LogP contribution in [0.4, 0.5) is 4.39 Å². The SMILES string of the molecule is CC1CC(C2=NCCC2C2CC3CNC(C4CCCC(N)C4)N3C2)CCC1F. The number of nitrogens with two attached hydrogens (primary N) is 1. The van der Waals surface area contributed by atoms with Crippen molar-refractivity contribution in [3.63, 3.8) is 0 Å². The molecule has 4 nitrogen and oxygen atoms in total. The Morgan fingerprint density at radius 3 is 2.79 bits per heavy atom. The van der Waals surface area contributed by atoms with Crippen molar-refractivity contribution in [3.8, 4) is 0 Å². The van der Waals surface area contributed by atoms with E-state index in [2.05, 4.69) is 17.1 Å². The predicted molar refractivity (Wildman–Crippen MR) is 112 cm³/mol. The van der Waals surface area contributed by atoms with Gasteiger partial charge in [0.2, 0.25) is 0 Å². The Morgan fingerprint density at radius 2 is 1.96 bits per heavy atom. The molecular formula is C23H39FN4. The molecule has 2 saturated carbocycles. The molecule has 3 N–H and O–H groups in total. The molecule has 4 fully saturated rings. The molecule has 2 saturated heterocycles. The highest BCUT2D eigenvalue weighted by Gasteiger charge is 2.48. The number of alkyl halides is 1. The largest absolute Gasteiger partial charge is 0.328 e. The lowest BCUT2D eigenvalue weighted by molar-refractivity contribution is 0.128. The highest BCUT2D eigenvalue weighted by atomic mass is 19.1. The first-order valence-corrected chi connectivity index (χ1v) is 12.0. The first-order chi connectivity index (χ1) is 13.6. The van der Waals surface area contributed by atoms with Crippen LogP contribution in [0, 0.1) is 29.6 Å². The molecule has 5 aliphatic rings. The first-order valence-electron chi connectivity index (χ1n) is 12.0. The molecule has 0 bridgehead atoms. The molecule has 0 aromatic rings. The minimum absolute atomic E-state index is 0.207. The molecule has 9 atom stereocenters. The highest BCUT2D eigenvalue weighted by molar-refractivity contribution is 5.90. The zero-order valence-corrected chi connectivity index (χ0v) is 17.5. The molecule has 3 aliphatic heterocycles. The van der Waals surface area contributed by atoms with Crippen LogP contribution in [-0.2, 0) is 0 Å². The Bertz CT molecular complexity index is 595. The number of halogens is 1. The lowest BCUT2D eigenvalue weighted by Gasteiger charge is -2.36. The number of nitrogens with zero attached hydrogens (tertiary/aromatic N) is 2. The monoisotopic (exact) mass is 390 g/mol. The average molecular weight is 391 g/mol. The second-order valence-corrected chi connectivity index (χ2v) is 10.6. The zero-order valence-electron chi connectivity index (χ0n) is 17.5. The third-order valence-corrected chi connectivity index (χ3v) is 8.78. The van der Waals surface area contributed by atoms with Gasteiger partial charge < -0.3 is 5.73 Å². The normalized spacial score (nSPS) is 50.0. The van der Waals surface area contributed by atoms with Crippen LogP contribution in [0.25, 0.3) is 0 Å². The fourth-order valence-corrected chi connectivity index (χ4v) is 7.31. The molecule has 158 valence electrons. The van der Waals surface area contributed by atoms with Gasteiger partial charge in [-0.25, -0.2) is 4.39 Å². The van der Waals surface area contributed by atoms with Crippen LogP contribution in [0.5, 0.6) is 0 Å². The predicted octanol–water partition coefficient (Wildman–Crippen LogP) is 3.36. The molecule has 0 amide bonds. The van der Waals surface area contributed by atoms with E-state index >= 15 is 0 Å². The number of hydrogen-bond donors (Lipinski definition) is 2. The summed E-state index contributed by atoms with van der Waals surface area (Å²) in [5, 5.41) is 3.84. The summed E-state index contributed by atoms with van der Waals surface area (Å²) in [6.07, 6.45) is 10.3. The van der Waals surface area contributed by atoms with E-state index in [-0.39, 0.29) is 5.92 Å². The molecule has 28 heavy (non-hydrogen) atoms. The summed E-state index contributed by atoms with van der Waals surface area (Å²) in [7, 11) is 0. The van der Waals surface area contributed by atoms with Crippen molar-refractivity contribution in [2.45, 2.75) is 89.1 Å². The number of nitrogens with one attached hydrogen (secondary N) is 1. The van der Waals surface area contributed by atoms with Crippen LogP contribution < -0.4 is 11.1 Å². The van der Waals surface area contributed by atoms with Gasteiger partial charge in [-0.15, -0.1) is 0 Å². The van der Waals surface area contributed by atoms with E-state index in [9.17, 15) is 4.39 Å². The van der Waals surface area contributed by atoms with Crippen molar-refractivity contribution < 1.29 is 4.39 Å². The minimum atomic E-state index is -0.595. The van der Waals surface area contributed by atoms with Crippen LogP contribution in [0.2, 0.25) is 0 Å². The van der Waals surface area contributed by atoms with E-state index in [1.54, 1.807) is 0 Å². The fourth-order valence-electron chi connectivity index (χ4n) is 7.31. The zero-order chi connectivity index (χ0) is 19.3. The minimum Gasteiger partial charge on any atom is -0.328 e. The third-order valence-electron chi connectivity index (χ3n) is 8.78. The molecule has 0 aromatic carbocycles. The lowest BCUT2D eigenvalue weighted by Crippen LogP contribution is -2.46. The van der Waals surface area contributed by atoms with Crippen molar-refractivity contribution in [2.24, 2.45) is 40.3 Å². The van der Waals surface area contributed by atoms with Gasteiger partial charge in [-0.2, -0.15) is 0 Å². The number of fused-ring (bicyclic) bond motifs is 1. The Morgan fingerprint density at radius 1 is 1.07 bits per heavy atom. The molecular weight excluding hydrogens is 351 g/mol. The second kappa shape index (κ2) is 7.96. The molecule has 0 aromatic heterocycles.